The van der Waals surface area contributed by atoms with E-state index in [4.69, 9.17) is 9.47 Å². The van der Waals surface area contributed by atoms with E-state index in [2.05, 4.69) is 19.2 Å². The first-order chi connectivity index (χ1) is 26.3. The minimum absolute atomic E-state index is 0.132. The molecule has 1 amide bonds. The van der Waals surface area contributed by atoms with Crippen LogP contribution in [0, 0.1) is 0 Å². The summed E-state index contributed by atoms with van der Waals surface area (Å²) in [6, 6.07) is -0.710. The Balaban J connectivity index is 2.26. The summed E-state index contributed by atoms with van der Waals surface area (Å²) in [5.41, 5.74) is 0. The Labute approximate surface area is 332 Å². The van der Waals surface area contributed by atoms with Gasteiger partial charge in [0.05, 0.1) is 25.4 Å². The molecule has 1 fully saturated rings. The highest BCUT2D eigenvalue weighted by Crippen LogP contribution is 2.23. The van der Waals surface area contributed by atoms with Gasteiger partial charge in [-0.05, 0) is 12.8 Å². The number of carbonyl (C=O) groups excluding carboxylic acids is 1. The highest BCUT2D eigenvalue weighted by atomic mass is 16.7. The number of rotatable bonds is 39. The number of carbonyl (C=O) groups is 1. The third-order valence-corrected chi connectivity index (χ3v) is 11.5. The normalized spacial score (nSPS) is 21.4. The van der Waals surface area contributed by atoms with Crippen molar-refractivity contribution in [3.63, 3.8) is 0 Å². The average Bonchev–Trinajstić information content (AvgIpc) is 3.17. The first-order valence-corrected chi connectivity index (χ1v) is 23.2. The molecule has 0 aromatic carbocycles. The summed E-state index contributed by atoms with van der Waals surface area (Å²) in [5.74, 6) is -0.141. The molecule has 0 saturated carbocycles. The molecule has 0 spiro atoms. The van der Waals surface area contributed by atoms with Crippen molar-refractivity contribution in [2.45, 2.75) is 269 Å². The van der Waals surface area contributed by atoms with Gasteiger partial charge in [0.25, 0.3) is 0 Å². The van der Waals surface area contributed by atoms with Crippen LogP contribution in [0.25, 0.3) is 0 Å². The van der Waals surface area contributed by atoms with Gasteiger partial charge in [-0.2, -0.15) is 0 Å². The lowest BCUT2D eigenvalue weighted by molar-refractivity contribution is -0.302. The van der Waals surface area contributed by atoms with Gasteiger partial charge >= 0.3 is 0 Å². The number of amides is 1. The second kappa shape index (κ2) is 36.5. The minimum atomic E-state index is -1.55. The molecule has 1 heterocycles. The molecule has 9 nitrogen and oxygen atoms in total. The summed E-state index contributed by atoms with van der Waals surface area (Å²) < 4.78 is 11.2. The fourth-order valence-corrected chi connectivity index (χ4v) is 7.69. The summed E-state index contributed by atoms with van der Waals surface area (Å²) in [6.45, 7) is 3.84. The van der Waals surface area contributed by atoms with Crippen molar-refractivity contribution in [3.05, 3.63) is 0 Å². The van der Waals surface area contributed by atoms with Crippen LogP contribution in [0.15, 0.2) is 0 Å². The fraction of sp³-hybridized carbons (Fsp3) is 0.978. The van der Waals surface area contributed by atoms with Gasteiger partial charge in [0.2, 0.25) is 5.91 Å². The number of ether oxygens (including phenoxy) is 2. The zero-order valence-corrected chi connectivity index (χ0v) is 35.3. The van der Waals surface area contributed by atoms with Gasteiger partial charge in [-0.25, -0.2) is 0 Å². The average molecular weight is 772 g/mol. The number of hydrogen-bond acceptors (Lipinski definition) is 8. The fourth-order valence-electron chi connectivity index (χ4n) is 7.69. The molecule has 0 bridgehead atoms. The quantitative estimate of drug-likeness (QED) is 0.0339. The van der Waals surface area contributed by atoms with E-state index < -0.39 is 49.5 Å². The summed E-state index contributed by atoms with van der Waals surface area (Å²) >= 11 is 0. The van der Waals surface area contributed by atoms with Crippen LogP contribution in [0.1, 0.15) is 226 Å². The molecule has 1 saturated heterocycles. The van der Waals surface area contributed by atoms with E-state index in [1.807, 2.05) is 0 Å². The lowest BCUT2D eigenvalue weighted by Gasteiger charge is -2.40. The van der Waals surface area contributed by atoms with Gasteiger partial charge in [0.15, 0.2) is 6.29 Å². The van der Waals surface area contributed by atoms with Crippen LogP contribution in [0.4, 0.5) is 0 Å². The molecule has 54 heavy (non-hydrogen) atoms. The molecule has 0 radical (unpaired) electrons. The largest absolute Gasteiger partial charge is 0.394 e. The minimum Gasteiger partial charge on any atom is -0.394 e. The SMILES string of the molecule is CCCCCCCCCCCCCCCCCCCCCCC(=O)NC(COC1OC(CO)C(O)C(O)C1O)C(O)CCCCCCCCCCCCC. The summed E-state index contributed by atoms with van der Waals surface area (Å²) in [5, 5.41) is 54.3. The maximum absolute atomic E-state index is 13.0. The molecule has 6 N–H and O–H groups in total. The smallest absolute Gasteiger partial charge is 0.220 e. The number of nitrogens with one attached hydrogen (secondary N) is 1. The summed E-state index contributed by atoms with van der Waals surface area (Å²) in [4.78, 5) is 13.0. The van der Waals surface area contributed by atoms with Gasteiger partial charge in [0, 0.05) is 6.42 Å². The van der Waals surface area contributed by atoms with E-state index in [-0.39, 0.29) is 12.5 Å². The number of unbranched alkanes of at least 4 members (excludes halogenated alkanes) is 29. The van der Waals surface area contributed by atoms with E-state index in [0.717, 1.165) is 38.5 Å². The summed E-state index contributed by atoms with van der Waals surface area (Å²) in [6.07, 6.45) is 32.6. The Morgan fingerprint density at radius 2 is 0.926 bits per heavy atom. The van der Waals surface area contributed by atoms with E-state index in [0.29, 0.717) is 12.8 Å². The highest BCUT2D eigenvalue weighted by Gasteiger charge is 2.44. The van der Waals surface area contributed by atoms with E-state index in [9.17, 15) is 30.3 Å². The molecular weight excluding hydrogens is 682 g/mol. The topological polar surface area (TPSA) is 149 Å². The van der Waals surface area contributed by atoms with Crippen molar-refractivity contribution in [3.8, 4) is 0 Å². The molecular formula is C45H89NO8. The molecule has 9 heteroatoms. The molecule has 1 rings (SSSR count). The molecule has 0 aliphatic carbocycles. The van der Waals surface area contributed by atoms with Crippen molar-refractivity contribution in [1.82, 2.24) is 5.32 Å². The van der Waals surface area contributed by atoms with E-state index >= 15 is 0 Å². The maximum atomic E-state index is 13.0. The van der Waals surface area contributed by atoms with E-state index in [1.165, 1.54) is 161 Å². The Bertz CT molecular complexity index is 817. The Hall–Kier alpha value is -0.810. The van der Waals surface area contributed by atoms with Crippen LogP contribution >= 0.6 is 0 Å². The second-order valence-corrected chi connectivity index (χ2v) is 16.6. The van der Waals surface area contributed by atoms with Crippen molar-refractivity contribution >= 4 is 5.91 Å². The zero-order chi connectivity index (χ0) is 39.5. The summed E-state index contributed by atoms with van der Waals surface area (Å²) in [7, 11) is 0. The van der Waals surface area contributed by atoms with Gasteiger partial charge < -0.3 is 40.3 Å². The Morgan fingerprint density at radius 3 is 1.31 bits per heavy atom. The predicted molar refractivity (Wildman–Crippen MR) is 221 cm³/mol. The molecule has 1 aliphatic heterocycles. The van der Waals surface area contributed by atoms with Gasteiger partial charge in [-0.3, -0.25) is 4.79 Å². The van der Waals surface area contributed by atoms with Crippen LogP contribution in [0.2, 0.25) is 0 Å². The molecule has 7 unspecified atom stereocenters. The van der Waals surface area contributed by atoms with Gasteiger partial charge in [0.1, 0.15) is 24.4 Å². The molecule has 322 valence electrons. The third kappa shape index (κ3) is 26.9. The molecule has 1 aliphatic rings. The van der Waals surface area contributed by atoms with Crippen molar-refractivity contribution in [2.24, 2.45) is 0 Å². The van der Waals surface area contributed by atoms with Gasteiger partial charge in [-0.15, -0.1) is 0 Å². The maximum Gasteiger partial charge on any atom is 0.220 e. The highest BCUT2D eigenvalue weighted by molar-refractivity contribution is 5.76. The lowest BCUT2D eigenvalue weighted by Crippen LogP contribution is -2.60. The number of hydrogen-bond donors (Lipinski definition) is 6. The predicted octanol–water partition coefficient (Wildman–Crippen LogP) is 9.56. The van der Waals surface area contributed by atoms with Crippen LogP contribution in [0.3, 0.4) is 0 Å². The first-order valence-electron chi connectivity index (χ1n) is 23.2. The number of aliphatic hydroxyl groups excluding tert-OH is 5. The lowest BCUT2D eigenvalue weighted by atomic mass is 9.99. The molecule has 0 aromatic rings. The van der Waals surface area contributed by atoms with Crippen molar-refractivity contribution in [1.29, 1.82) is 0 Å². The van der Waals surface area contributed by atoms with Crippen LogP contribution in [-0.4, -0.2) is 87.5 Å². The third-order valence-electron chi connectivity index (χ3n) is 11.5. The van der Waals surface area contributed by atoms with Gasteiger partial charge in [-0.1, -0.05) is 206 Å². The van der Waals surface area contributed by atoms with Crippen LogP contribution in [-0.2, 0) is 14.3 Å². The first kappa shape index (κ1) is 51.2. The Kier molecular flexibility index (Phi) is 34.6. The van der Waals surface area contributed by atoms with Crippen LogP contribution < -0.4 is 5.32 Å². The van der Waals surface area contributed by atoms with Crippen LogP contribution in [0.5, 0.6) is 0 Å². The van der Waals surface area contributed by atoms with Crippen molar-refractivity contribution in [2.75, 3.05) is 13.2 Å². The number of aliphatic hydroxyl groups is 5. The van der Waals surface area contributed by atoms with E-state index in [1.54, 1.807) is 0 Å². The standard InChI is InChI=1S/C45H89NO8/c1-3-5-7-9-11-13-15-16-17-18-19-20-21-22-23-25-27-29-31-33-35-41(49)46-38(37-53-45-44(52)43(51)42(50)40(36-47)54-45)39(48)34-32-30-28-26-24-14-12-10-8-6-4-2/h38-40,42-45,47-48,50-52H,3-37H2,1-2H3,(H,46,49). The Morgan fingerprint density at radius 1 is 0.556 bits per heavy atom. The molecule has 0 aromatic heterocycles. The monoisotopic (exact) mass is 772 g/mol. The second-order valence-electron chi connectivity index (χ2n) is 16.6. The van der Waals surface area contributed by atoms with Crippen molar-refractivity contribution < 1.29 is 39.8 Å². The zero-order valence-electron chi connectivity index (χ0n) is 35.3. The molecule has 7 atom stereocenters.